The zero-order valence-electron chi connectivity index (χ0n) is 30.3. The Kier molecular flexibility index (Phi) is 26.5. The largest absolute Gasteiger partial charge is 3.00 e. The van der Waals surface area contributed by atoms with Crippen LogP contribution in [0.4, 0.5) is 0 Å². The second-order valence-corrected chi connectivity index (χ2v) is 13.9. The summed E-state index contributed by atoms with van der Waals surface area (Å²) < 4.78 is 0. The number of rotatable bonds is 4. The molecule has 0 aromatic heterocycles. The van der Waals surface area contributed by atoms with Gasteiger partial charge in [0.15, 0.2) is 0 Å². The van der Waals surface area contributed by atoms with Gasteiger partial charge in [-0.3, -0.25) is 0 Å². The Morgan fingerprint density at radius 3 is 1.07 bits per heavy atom. The fourth-order valence-corrected chi connectivity index (χ4v) is 6.54. The fraction of sp³-hybridized carbons (Fsp3) is 0.450. The number of hydrogen-bond donors (Lipinski definition) is 0. The molecule has 1 heterocycles. The van der Waals surface area contributed by atoms with Crippen molar-refractivity contribution in [3.05, 3.63) is 112 Å². The first kappa shape index (κ1) is 49.5. The van der Waals surface area contributed by atoms with Crippen LogP contribution in [0.3, 0.4) is 0 Å². The first-order valence-electron chi connectivity index (χ1n) is 14.6. The van der Waals surface area contributed by atoms with Crippen molar-refractivity contribution in [1.82, 2.24) is 0 Å². The van der Waals surface area contributed by atoms with Gasteiger partial charge in [-0.05, 0) is 23.7 Å². The van der Waals surface area contributed by atoms with E-state index >= 15 is 0 Å². The average molecular weight is 753 g/mol. The van der Waals surface area contributed by atoms with E-state index < -0.39 is 0 Å². The van der Waals surface area contributed by atoms with Crippen LogP contribution in [0, 0.1) is 43.6 Å². The third kappa shape index (κ3) is 13.9. The van der Waals surface area contributed by atoms with Crippen molar-refractivity contribution < 1.29 is 52.4 Å². The van der Waals surface area contributed by atoms with Gasteiger partial charge in [-0.1, -0.05) is 129 Å². The van der Waals surface area contributed by atoms with Crippen LogP contribution in [0.25, 0.3) is 21.5 Å². The molecule has 5 rings (SSSR count). The van der Waals surface area contributed by atoms with Gasteiger partial charge in [0.1, 0.15) is 0 Å². The number of fused-ring (bicyclic) bond motifs is 2. The summed E-state index contributed by atoms with van der Waals surface area (Å²) in [4.78, 5) is 0. The standard InChI is InChI=1S/2C16H21.C4H8Si.4CH3.2Zr/c2*1-10(2)13-8-14-6-12(5)7-16(14)15(9-13)11(3)4;1-2-4-5-3-1;;;;;;/h2*6-11H,1-5H3;1-4H2;4*1H3;;/q2*-1;;4*-1;2*+3. The molecule has 0 spiro atoms. The first-order chi connectivity index (χ1) is 17.5. The van der Waals surface area contributed by atoms with E-state index in [1.165, 1.54) is 89.4 Å². The predicted octanol–water partition coefficient (Wildman–Crippen LogP) is 13.3. The molecule has 0 aliphatic carbocycles. The minimum absolute atomic E-state index is 0. The molecule has 1 saturated heterocycles. The van der Waals surface area contributed by atoms with E-state index in [9.17, 15) is 0 Å². The van der Waals surface area contributed by atoms with Crippen LogP contribution in [-0.2, 0) is 52.4 Å². The van der Waals surface area contributed by atoms with Crippen molar-refractivity contribution in [2.24, 2.45) is 0 Å². The minimum atomic E-state index is 0. The average Bonchev–Trinajstić information content (AvgIpc) is 3.58. The van der Waals surface area contributed by atoms with Gasteiger partial charge in [0.05, 0.1) is 0 Å². The van der Waals surface area contributed by atoms with Crippen molar-refractivity contribution >= 4 is 31.1 Å². The van der Waals surface area contributed by atoms with Crippen LogP contribution in [0.15, 0.2) is 48.5 Å². The minimum Gasteiger partial charge on any atom is -0.358 e. The van der Waals surface area contributed by atoms with Gasteiger partial charge in [0.25, 0.3) is 0 Å². The predicted molar refractivity (Wildman–Crippen MR) is 195 cm³/mol. The molecule has 1 fully saturated rings. The summed E-state index contributed by atoms with van der Waals surface area (Å²) >= 11 is 0. The molecule has 4 radical (unpaired) electrons. The SMILES string of the molecule is C1CC[Si]C1.Cc1cc2c(C(C)C)cc(C(C)C)cc2[cH-]1.Cc1cc2c(C(C)C)cc(C(C)C)cc2[cH-]1.[CH3-].[CH3-].[CH3-].[CH3-].[Zr+3].[Zr+3]. The van der Waals surface area contributed by atoms with Crippen LogP contribution in [0.2, 0.25) is 12.1 Å². The van der Waals surface area contributed by atoms with Crippen LogP contribution in [0.1, 0.15) is 125 Å². The second-order valence-electron chi connectivity index (χ2n) is 12.4. The Bertz CT molecular complexity index is 1180. The summed E-state index contributed by atoms with van der Waals surface area (Å²) in [5, 5.41) is 5.70. The van der Waals surface area contributed by atoms with Gasteiger partial charge < -0.3 is 29.7 Å². The van der Waals surface area contributed by atoms with Gasteiger partial charge >= 0.3 is 52.4 Å². The zero-order chi connectivity index (χ0) is 27.3. The van der Waals surface area contributed by atoms with Crippen LogP contribution >= 0.6 is 0 Å². The van der Waals surface area contributed by atoms with Crippen LogP contribution in [0.5, 0.6) is 0 Å². The van der Waals surface area contributed by atoms with E-state index in [0.717, 1.165) is 0 Å². The first-order valence-corrected chi connectivity index (χ1v) is 16.0. The number of benzene rings is 2. The molecule has 0 nitrogen and oxygen atoms in total. The molecular weight excluding hydrogens is 691 g/mol. The molecule has 234 valence electrons. The third-order valence-electron chi connectivity index (χ3n) is 7.58. The summed E-state index contributed by atoms with van der Waals surface area (Å²) in [6.45, 7) is 22.5. The zero-order valence-corrected chi connectivity index (χ0v) is 36.2. The molecule has 1 aliphatic heterocycles. The molecule has 0 amide bonds. The fourth-order valence-electron chi connectivity index (χ4n) is 5.29. The van der Waals surface area contributed by atoms with Gasteiger partial charge in [0.2, 0.25) is 0 Å². The van der Waals surface area contributed by atoms with Gasteiger partial charge in [-0.15, -0.1) is 56.9 Å². The Morgan fingerprint density at radius 2 is 0.837 bits per heavy atom. The molecule has 1 aliphatic rings. The van der Waals surface area contributed by atoms with Crippen molar-refractivity contribution in [3.63, 3.8) is 0 Å². The summed E-state index contributed by atoms with van der Waals surface area (Å²) in [6.07, 6.45) is 3.02. The van der Waals surface area contributed by atoms with Gasteiger partial charge in [0, 0.05) is 9.52 Å². The van der Waals surface area contributed by atoms with E-state index in [4.69, 9.17) is 0 Å². The maximum Gasteiger partial charge on any atom is 3.00 e. The smallest absolute Gasteiger partial charge is 0.358 e. The monoisotopic (exact) mass is 750 g/mol. The summed E-state index contributed by atoms with van der Waals surface area (Å²) in [5.74, 6) is 2.42. The Morgan fingerprint density at radius 1 is 0.512 bits per heavy atom. The maximum absolute atomic E-state index is 2.39. The summed E-state index contributed by atoms with van der Waals surface area (Å²) in [5.41, 5.74) is 8.66. The molecule has 0 N–H and O–H groups in total. The van der Waals surface area contributed by atoms with E-state index in [2.05, 4.69) is 118 Å². The topological polar surface area (TPSA) is 0 Å². The molecule has 43 heavy (non-hydrogen) atoms. The Hall–Kier alpha value is -0.357. The number of hydrogen-bond acceptors (Lipinski definition) is 0. The van der Waals surface area contributed by atoms with Crippen molar-refractivity contribution in [1.29, 1.82) is 0 Å². The quantitative estimate of drug-likeness (QED) is 0.144. The van der Waals surface area contributed by atoms with Crippen molar-refractivity contribution in [2.45, 2.75) is 118 Å². The van der Waals surface area contributed by atoms with E-state index in [-0.39, 0.29) is 82.1 Å². The van der Waals surface area contributed by atoms with Crippen molar-refractivity contribution in [3.8, 4) is 0 Å². The summed E-state index contributed by atoms with van der Waals surface area (Å²) in [7, 11) is 1.31. The normalized spacial score (nSPS) is 11.7. The van der Waals surface area contributed by atoms with Gasteiger partial charge in [-0.25, -0.2) is 0 Å². The molecule has 0 bridgehead atoms. The molecule has 4 aromatic carbocycles. The van der Waals surface area contributed by atoms with Crippen LogP contribution in [-0.4, -0.2) is 9.52 Å². The Balaban J connectivity index is -0.000000271. The second kappa shape index (κ2) is 23.0. The molecular formula is C40H62SiZr2. The summed E-state index contributed by atoms with van der Waals surface area (Å²) in [6, 6.07) is 21.7. The molecule has 4 aromatic rings. The van der Waals surface area contributed by atoms with Crippen LogP contribution < -0.4 is 0 Å². The number of aryl methyl sites for hydroxylation is 2. The van der Waals surface area contributed by atoms with E-state index in [1.807, 2.05) is 0 Å². The molecule has 0 saturated carbocycles. The third-order valence-corrected chi connectivity index (χ3v) is 8.99. The van der Waals surface area contributed by atoms with E-state index in [1.54, 1.807) is 0 Å². The maximum atomic E-state index is 2.39. The van der Waals surface area contributed by atoms with Crippen molar-refractivity contribution in [2.75, 3.05) is 0 Å². The molecule has 0 unspecified atom stereocenters. The Labute approximate surface area is 310 Å². The molecule has 3 heteroatoms. The molecule has 0 atom stereocenters. The van der Waals surface area contributed by atoms with E-state index in [0.29, 0.717) is 23.7 Å². The van der Waals surface area contributed by atoms with Gasteiger partial charge in [-0.2, -0.15) is 12.1 Å².